The van der Waals surface area contributed by atoms with Gasteiger partial charge in [0.05, 0.1) is 24.1 Å². The Kier molecular flexibility index (Phi) is 5.80. The van der Waals surface area contributed by atoms with E-state index in [0.717, 1.165) is 28.2 Å². The van der Waals surface area contributed by atoms with E-state index >= 15 is 0 Å². The zero-order valence-electron chi connectivity index (χ0n) is 17.3. The molecule has 1 amide bonds. The number of hydrogen-bond donors (Lipinski definition) is 1. The molecule has 0 atom stereocenters. The Labute approximate surface area is 176 Å². The molecule has 0 saturated heterocycles. The summed E-state index contributed by atoms with van der Waals surface area (Å²) < 4.78 is 8.02. The van der Waals surface area contributed by atoms with Crippen molar-refractivity contribution in [2.45, 2.75) is 26.9 Å². The van der Waals surface area contributed by atoms with Crippen LogP contribution in [0.15, 0.2) is 72.8 Å². The van der Waals surface area contributed by atoms with Gasteiger partial charge in [-0.25, -0.2) is 4.98 Å². The topological polar surface area (TPSA) is 56.1 Å². The highest BCUT2D eigenvalue weighted by Gasteiger charge is 2.12. The van der Waals surface area contributed by atoms with Gasteiger partial charge in [-0.15, -0.1) is 0 Å². The van der Waals surface area contributed by atoms with E-state index in [1.165, 1.54) is 5.56 Å². The van der Waals surface area contributed by atoms with Crippen molar-refractivity contribution in [3.8, 4) is 5.75 Å². The van der Waals surface area contributed by atoms with Gasteiger partial charge >= 0.3 is 0 Å². The molecule has 4 rings (SSSR count). The normalized spacial score (nSPS) is 10.9. The molecular weight excluding hydrogens is 374 g/mol. The van der Waals surface area contributed by atoms with Crippen LogP contribution in [0.4, 0.5) is 0 Å². The van der Waals surface area contributed by atoms with Gasteiger partial charge in [0.15, 0.2) is 0 Å². The third-order valence-electron chi connectivity index (χ3n) is 5.06. The molecule has 0 aliphatic heterocycles. The van der Waals surface area contributed by atoms with Crippen LogP contribution in [0.1, 0.15) is 27.3 Å². The molecule has 0 fully saturated rings. The maximum Gasteiger partial charge on any atom is 0.251 e. The van der Waals surface area contributed by atoms with E-state index in [1.54, 1.807) is 0 Å². The maximum atomic E-state index is 12.5. The summed E-state index contributed by atoms with van der Waals surface area (Å²) in [6, 6.07) is 23.6. The molecule has 1 aromatic heterocycles. The lowest BCUT2D eigenvalue weighted by Crippen LogP contribution is -2.25. The fourth-order valence-corrected chi connectivity index (χ4v) is 3.37. The monoisotopic (exact) mass is 399 g/mol. The standard InChI is InChI=1S/C25H25N3O2/c1-18-7-11-20(12-8-18)25(29)26-17-24-27-22-5-3-4-6-23(22)28(24)15-16-30-21-13-9-19(2)10-14-21/h3-14H,15-17H2,1-2H3,(H,26,29). The Morgan fingerprint density at radius 3 is 2.33 bits per heavy atom. The Hall–Kier alpha value is -3.60. The highest BCUT2D eigenvalue weighted by molar-refractivity contribution is 5.94. The highest BCUT2D eigenvalue weighted by Crippen LogP contribution is 2.17. The molecule has 4 aromatic rings. The second kappa shape index (κ2) is 8.82. The van der Waals surface area contributed by atoms with Crippen molar-refractivity contribution in [1.82, 2.24) is 14.9 Å². The highest BCUT2D eigenvalue weighted by atomic mass is 16.5. The molecule has 0 radical (unpaired) electrons. The number of imidazole rings is 1. The molecule has 5 nitrogen and oxygen atoms in total. The minimum absolute atomic E-state index is 0.107. The van der Waals surface area contributed by atoms with Crippen molar-refractivity contribution < 1.29 is 9.53 Å². The summed E-state index contributed by atoms with van der Waals surface area (Å²) in [6.45, 7) is 5.57. The van der Waals surface area contributed by atoms with Crippen molar-refractivity contribution in [2.75, 3.05) is 6.61 Å². The van der Waals surface area contributed by atoms with Crippen LogP contribution in [0.5, 0.6) is 5.75 Å². The number of aryl methyl sites for hydroxylation is 2. The first-order chi connectivity index (χ1) is 14.6. The number of para-hydroxylation sites is 2. The Morgan fingerprint density at radius 2 is 1.60 bits per heavy atom. The van der Waals surface area contributed by atoms with Gasteiger partial charge in [-0.05, 0) is 50.2 Å². The zero-order valence-corrected chi connectivity index (χ0v) is 17.3. The van der Waals surface area contributed by atoms with Crippen LogP contribution in [-0.2, 0) is 13.1 Å². The second-order valence-corrected chi connectivity index (χ2v) is 7.38. The van der Waals surface area contributed by atoms with Crippen LogP contribution < -0.4 is 10.1 Å². The summed E-state index contributed by atoms with van der Waals surface area (Å²) in [5.74, 6) is 1.55. The third-order valence-corrected chi connectivity index (χ3v) is 5.06. The fourth-order valence-electron chi connectivity index (χ4n) is 3.37. The number of fused-ring (bicyclic) bond motifs is 1. The lowest BCUT2D eigenvalue weighted by Gasteiger charge is -2.12. The van der Waals surface area contributed by atoms with Crippen molar-refractivity contribution in [3.05, 3.63) is 95.3 Å². The zero-order chi connectivity index (χ0) is 20.9. The first-order valence-corrected chi connectivity index (χ1v) is 10.1. The van der Waals surface area contributed by atoms with Gasteiger partial charge in [0, 0.05) is 5.56 Å². The number of ether oxygens (including phenoxy) is 1. The predicted octanol–water partition coefficient (Wildman–Crippen LogP) is 4.66. The van der Waals surface area contributed by atoms with Crippen LogP contribution in [0.2, 0.25) is 0 Å². The number of aromatic nitrogens is 2. The summed E-state index contributed by atoms with van der Waals surface area (Å²) in [7, 11) is 0. The quantitative estimate of drug-likeness (QED) is 0.492. The van der Waals surface area contributed by atoms with Crippen LogP contribution >= 0.6 is 0 Å². The van der Waals surface area contributed by atoms with E-state index in [9.17, 15) is 4.79 Å². The average molecular weight is 399 g/mol. The molecule has 152 valence electrons. The van der Waals surface area contributed by atoms with Gasteiger partial charge in [0.25, 0.3) is 5.91 Å². The number of carbonyl (C=O) groups is 1. The molecule has 0 aliphatic carbocycles. The molecule has 0 saturated carbocycles. The second-order valence-electron chi connectivity index (χ2n) is 7.38. The molecule has 0 bridgehead atoms. The number of hydrogen-bond acceptors (Lipinski definition) is 3. The number of rotatable bonds is 7. The van der Waals surface area contributed by atoms with Crippen molar-refractivity contribution in [3.63, 3.8) is 0 Å². The number of carbonyl (C=O) groups excluding carboxylic acids is 1. The number of amides is 1. The summed E-state index contributed by atoms with van der Waals surface area (Å²) in [6.07, 6.45) is 0. The number of nitrogens with one attached hydrogen (secondary N) is 1. The van der Waals surface area contributed by atoms with Crippen molar-refractivity contribution in [2.24, 2.45) is 0 Å². The Morgan fingerprint density at radius 1 is 0.933 bits per heavy atom. The Bertz CT molecular complexity index is 1150. The molecule has 30 heavy (non-hydrogen) atoms. The van der Waals surface area contributed by atoms with E-state index < -0.39 is 0 Å². The first-order valence-electron chi connectivity index (χ1n) is 10.1. The van der Waals surface area contributed by atoms with E-state index in [4.69, 9.17) is 9.72 Å². The fraction of sp³-hybridized carbons (Fsp3) is 0.200. The lowest BCUT2D eigenvalue weighted by atomic mass is 10.1. The summed E-state index contributed by atoms with van der Waals surface area (Å²) >= 11 is 0. The van der Waals surface area contributed by atoms with Crippen LogP contribution in [0.25, 0.3) is 11.0 Å². The van der Waals surface area contributed by atoms with Crippen molar-refractivity contribution in [1.29, 1.82) is 0 Å². The summed E-state index contributed by atoms with van der Waals surface area (Å²) in [4.78, 5) is 17.2. The SMILES string of the molecule is Cc1ccc(OCCn2c(CNC(=O)c3ccc(C)cc3)nc3ccccc32)cc1. The van der Waals surface area contributed by atoms with Gasteiger partial charge in [-0.1, -0.05) is 47.5 Å². The lowest BCUT2D eigenvalue weighted by molar-refractivity contribution is 0.0949. The van der Waals surface area contributed by atoms with Crippen LogP contribution in [0.3, 0.4) is 0 Å². The molecule has 1 N–H and O–H groups in total. The Balaban J connectivity index is 1.47. The van der Waals surface area contributed by atoms with Crippen LogP contribution in [-0.4, -0.2) is 22.1 Å². The van der Waals surface area contributed by atoms with Crippen LogP contribution in [0, 0.1) is 13.8 Å². The van der Waals surface area contributed by atoms with Gasteiger partial charge in [-0.2, -0.15) is 0 Å². The van der Waals surface area contributed by atoms with E-state index in [-0.39, 0.29) is 5.91 Å². The predicted molar refractivity (Wildman–Crippen MR) is 119 cm³/mol. The van der Waals surface area contributed by atoms with E-state index in [2.05, 4.69) is 16.8 Å². The summed E-state index contributed by atoms with van der Waals surface area (Å²) in [5.41, 5.74) is 4.92. The van der Waals surface area contributed by atoms with Gasteiger partial charge < -0.3 is 14.6 Å². The molecule has 0 aliphatic rings. The largest absolute Gasteiger partial charge is 0.492 e. The van der Waals surface area contributed by atoms with E-state index in [1.807, 2.05) is 79.7 Å². The molecular formula is C25H25N3O2. The minimum atomic E-state index is -0.107. The third kappa shape index (κ3) is 4.51. The molecule has 3 aromatic carbocycles. The van der Waals surface area contributed by atoms with Gasteiger partial charge in [0.1, 0.15) is 18.2 Å². The summed E-state index contributed by atoms with van der Waals surface area (Å²) in [5, 5.41) is 2.99. The average Bonchev–Trinajstić information content (AvgIpc) is 3.11. The maximum absolute atomic E-state index is 12.5. The van der Waals surface area contributed by atoms with Gasteiger partial charge in [0.2, 0.25) is 0 Å². The smallest absolute Gasteiger partial charge is 0.251 e. The first kappa shape index (κ1) is 19.7. The van der Waals surface area contributed by atoms with Gasteiger partial charge in [-0.3, -0.25) is 4.79 Å². The minimum Gasteiger partial charge on any atom is -0.492 e. The number of nitrogens with zero attached hydrogens (tertiary/aromatic N) is 2. The van der Waals surface area contributed by atoms with E-state index in [0.29, 0.717) is 25.3 Å². The van der Waals surface area contributed by atoms with Crippen molar-refractivity contribution >= 4 is 16.9 Å². The number of benzene rings is 3. The molecule has 0 unspecified atom stereocenters. The molecule has 0 spiro atoms. The molecule has 5 heteroatoms. The molecule has 1 heterocycles.